The van der Waals surface area contributed by atoms with Crippen LogP contribution >= 0.6 is 0 Å². The predicted molar refractivity (Wildman–Crippen MR) is 102 cm³/mol. The number of hydrogen-bond donors (Lipinski definition) is 0. The lowest BCUT2D eigenvalue weighted by Crippen LogP contribution is -2.57. The number of rotatable bonds is 11. The largest absolute Gasteiger partial charge is 0.426 e. The summed E-state index contributed by atoms with van der Waals surface area (Å²) in [4.78, 5) is 0. The number of ether oxygens (including phenoxy) is 1. The molecule has 0 aromatic carbocycles. The average molecular weight is 442 g/mol. The van der Waals surface area contributed by atoms with Gasteiger partial charge in [0.1, 0.15) is 0 Å². The SMILES string of the molecule is CCCCCCC1CC=C(C2=CCC(OC(F)(F)C(F)(F)C(F)(F)CF)C=C2)CC1. The predicted octanol–water partition coefficient (Wildman–Crippen LogP) is 7.79. The molecule has 172 valence electrons. The molecule has 0 fully saturated rings. The third-order valence-electron chi connectivity index (χ3n) is 5.71. The number of alkyl halides is 7. The molecule has 2 atom stereocenters. The Kier molecular flexibility index (Phi) is 8.60. The second-order valence-corrected chi connectivity index (χ2v) is 8.06. The van der Waals surface area contributed by atoms with Gasteiger partial charge in [0.2, 0.25) is 0 Å². The molecule has 0 spiro atoms. The Labute approximate surface area is 173 Å². The van der Waals surface area contributed by atoms with Gasteiger partial charge in [-0.2, -0.15) is 26.3 Å². The standard InChI is InChI=1S/C22H29F7O/c1-2-3-4-5-6-16-7-9-17(10-8-16)18-11-13-19(14-12-18)30-22(28,29)21(26,27)20(24,25)15-23/h9,11-13,16,19H,2-8,10,14-15H2,1H3. The Bertz CT molecular complexity index is 652. The molecule has 0 N–H and O–H groups in total. The quantitative estimate of drug-likeness (QED) is 0.234. The van der Waals surface area contributed by atoms with Crippen molar-refractivity contribution < 1.29 is 35.5 Å². The molecule has 0 amide bonds. The monoisotopic (exact) mass is 442 g/mol. The fourth-order valence-corrected chi connectivity index (χ4v) is 3.76. The normalized spacial score (nSPS) is 23.3. The van der Waals surface area contributed by atoms with E-state index in [1.807, 2.05) is 0 Å². The molecule has 0 bridgehead atoms. The number of allylic oxidation sites excluding steroid dienone is 4. The Morgan fingerprint density at radius 3 is 2.27 bits per heavy atom. The Morgan fingerprint density at radius 2 is 1.73 bits per heavy atom. The van der Waals surface area contributed by atoms with E-state index in [4.69, 9.17) is 0 Å². The zero-order valence-electron chi connectivity index (χ0n) is 17.1. The van der Waals surface area contributed by atoms with E-state index in [0.29, 0.717) is 5.92 Å². The van der Waals surface area contributed by atoms with E-state index in [1.54, 1.807) is 6.08 Å². The van der Waals surface area contributed by atoms with Crippen molar-refractivity contribution in [2.45, 2.75) is 88.8 Å². The first kappa shape index (κ1) is 25.0. The summed E-state index contributed by atoms with van der Waals surface area (Å²) in [5, 5.41) is 0. The topological polar surface area (TPSA) is 9.23 Å². The van der Waals surface area contributed by atoms with Crippen molar-refractivity contribution >= 4 is 0 Å². The molecule has 2 unspecified atom stereocenters. The van der Waals surface area contributed by atoms with Crippen LogP contribution in [0, 0.1) is 5.92 Å². The maximum atomic E-state index is 13.6. The summed E-state index contributed by atoms with van der Waals surface area (Å²) in [6.45, 7) is -0.736. The number of unbranched alkanes of at least 4 members (excludes halogenated alkanes) is 3. The van der Waals surface area contributed by atoms with Crippen LogP contribution in [-0.2, 0) is 4.74 Å². The van der Waals surface area contributed by atoms with Crippen molar-refractivity contribution in [1.82, 2.24) is 0 Å². The molecule has 1 nitrogen and oxygen atoms in total. The minimum atomic E-state index is -5.95. The molecule has 0 saturated carbocycles. The van der Waals surface area contributed by atoms with Crippen molar-refractivity contribution in [3.63, 3.8) is 0 Å². The van der Waals surface area contributed by atoms with Crippen LogP contribution in [0.15, 0.2) is 35.5 Å². The fraction of sp³-hybridized carbons (Fsp3) is 0.727. The Balaban J connectivity index is 1.89. The third kappa shape index (κ3) is 5.89. The van der Waals surface area contributed by atoms with Gasteiger partial charge in [-0.05, 0) is 42.7 Å². The maximum absolute atomic E-state index is 13.6. The summed E-state index contributed by atoms with van der Waals surface area (Å²) < 4.78 is 95.9. The second-order valence-electron chi connectivity index (χ2n) is 8.06. The molecule has 0 saturated heterocycles. The molecule has 30 heavy (non-hydrogen) atoms. The van der Waals surface area contributed by atoms with Gasteiger partial charge >= 0.3 is 18.0 Å². The summed E-state index contributed by atoms with van der Waals surface area (Å²) in [6, 6.07) is 0. The van der Waals surface area contributed by atoms with Gasteiger partial charge in [0.05, 0.1) is 6.10 Å². The molecule has 0 aliphatic heterocycles. The summed E-state index contributed by atoms with van der Waals surface area (Å²) in [7, 11) is 0. The molecule has 0 aromatic heterocycles. The summed E-state index contributed by atoms with van der Waals surface area (Å²) in [5.41, 5.74) is 1.87. The van der Waals surface area contributed by atoms with E-state index in [9.17, 15) is 30.7 Å². The first-order valence-corrected chi connectivity index (χ1v) is 10.5. The minimum Gasteiger partial charge on any atom is -0.308 e. The van der Waals surface area contributed by atoms with Crippen molar-refractivity contribution in [3.8, 4) is 0 Å². The number of hydrogen-bond acceptors (Lipinski definition) is 1. The lowest BCUT2D eigenvalue weighted by atomic mass is 9.82. The van der Waals surface area contributed by atoms with E-state index >= 15 is 0 Å². The van der Waals surface area contributed by atoms with Crippen molar-refractivity contribution in [2.24, 2.45) is 5.92 Å². The van der Waals surface area contributed by atoms with Crippen LogP contribution in [0.1, 0.15) is 64.7 Å². The first-order valence-electron chi connectivity index (χ1n) is 10.5. The fourth-order valence-electron chi connectivity index (χ4n) is 3.76. The van der Waals surface area contributed by atoms with E-state index in [2.05, 4.69) is 17.7 Å². The molecular formula is C22H29F7O. The molecule has 0 radical (unpaired) electrons. The van der Waals surface area contributed by atoms with E-state index in [1.165, 1.54) is 38.2 Å². The van der Waals surface area contributed by atoms with E-state index in [-0.39, 0.29) is 6.42 Å². The smallest absolute Gasteiger partial charge is 0.308 e. The molecular weight excluding hydrogens is 413 g/mol. The van der Waals surface area contributed by atoms with Gasteiger partial charge in [0.25, 0.3) is 0 Å². The molecule has 0 heterocycles. The van der Waals surface area contributed by atoms with E-state index < -0.39 is 30.7 Å². The zero-order chi connectivity index (χ0) is 22.4. The molecule has 8 heteroatoms. The average Bonchev–Trinajstić information content (AvgIpc) is 2.72. The minimum absolute atomic E-state index is 0.156. The van der Waals surface area contributed by atoms with Crippen LogP contribution in [-0.4, -0.2) is 30.7 Å². The van der Waals surface area contributed by atoms with E-state index in [0.717, 1.165) is 36.5 Å². The number of halogens is 7. The third-order valence-corrected chi connectivity index (χ3v) is 5.71. The van der Waals surface area contributed by atoms with Gasteiger partial charge in [-0.15, -0.1) is 0 Å². The van der Waals surface area contributed by atoms with Crippen LogP contribution < -0.4 is 0 Å². The van der Waals surface area contributed by atoms with Crippen LogP contribution in [0.5, 0.6) is 0 Å². The van der Waals surface area contributed by atoms with Gasteiger partial charge in [0.15, 0.2) is 6.67 Å². The van der Waals surface area contributed by atoms with Crippen molar-refractivity contribution in [1.29, 1.82) is 0 Å². The van der Waals surface area contributed by atoms with Gasteiger partial charge < -0.3 is 4.74 Å². The highest BCUT2D eigenvalue weighted by Gasteiger charge is 2.73. The van der Waals surface area contributed by atoms with Gasteiger partial charge in [-0.1, -0.05) is 63.3 Å². The highest BCUT2D eigenvalue weighted by Crippen LogP contribution is 2.47. The second kappa shape index (κ2) is 10.3. The van der Waals surface area contributed by atoms with Crippen molar-refractivity contribution in [2.75, 3.05) is 6.67 Å². The molecule has 0 aromatic rings. The molecule has 2 aliphatic rings. The van der Waals surface area contributed by atoms with Crippen LogP contribution in [0.4, 0.5) is 30.7 Å². The lowest BCUT2D eigenvalue weighted by Gasteiger charge is -2.33. The first-order chi connectivity index (χ1) is 14.0. The summed E-state index contributed by atoms with van der Waals surface area (Å²) >= 11 is 0. The highest BCUT2D eigenvalue weighted by molar-refractivity contribution is 5.42. The zero-order valence-corrected chi connectivity index (χ0v) is 17.1. The molecule has 2 rings (SSSR count). The Hall–Kier alpha value is -1.31. The van der Waals surface area contributed by atoms with Gasteiger partial charge in [-0.3, -0.25) is 0 Å². The lowest BCUT2D eigenvalue weighted by molar-refractivity contribution is -0.405. The summed E-state index contributed by atoms with van der Waals surface area (Å²) in [5.74, 6) is -10.8. The Morgan fingerprint density at radius 1 is 1.00 bits per heavy atom. The van der Waals surface area contributed by atoms with Crippen LogP contribution in [0.25, 0.3) is 0 Å². The van der Waals surface area contributed by atoms with Gasteiger partial charge in [-0.25, -0.2) is 4.39 Å². The highest BCUT2D eigenvalue weighted by atomic mass is 19.4. The van der Waals surface area contributed by atoms with Crippen LogP contribution in [0.3, 0.4) is 0 Å². The summed E-state index contributed by atoms with van der Waals surface area (Å²) in [6.07, 6.45) is 8.08. The molecule has 2 aliphatic carbocycles. The van der Waals surface area contributed by atoms with Crippen LogP contribution in [0.2, 0.25) is 0 Å². The maximum Gasteiger partial charge on any atom is 0.426 e. The van der Waals surface area contributed by atoms with Gasteiger partial charge in [0, 0.05) is 0 Å². The van der Waals surface area contributed by atoms with Crippen molar-refractivity contribution in [3.05, 3.63) is 35.5 Å².